The zero-order valence-electron chi connectivity index (χ0n) is 9.60. The van der Waals surface area contributed by atoms with E-state index in [1.807, 2.05) is 25.3 Å². The maximum atomic E-state index is 9.51. The van der Waals surface area contributed by atoms with E-state index in [1.54, 1.807) is 11.9 Å². The first-order valence-electron chi connectivity index (χ1n) is 5.40. The van der Waals surface area contributed by atoms with Crippen molar-refractivity contribution >= 4 is 23.5 Å². The smallest absolute Gasteiger partial charge is 0.130 e. The number of rotatable bonds is 3. The zero-order valence-corrected chi connectivity index (χ0v) is 10.4. The van der Waals surface area contributed by atoms with Crippen molar-refractivity contribution in [2.45, 2.75) is 19.4 Å². The second-order valence-electron chi connectivity index (χ2n) is 4.05. The Labute approximate surface area is 100 Å². The number of nitrogens with zero attached hydrogens (tertiary/aromatic N) is 2. The highest BCUT2D eigenvalue weighted by Crippen LogP contribution is 2.23. The summed E-state index contributed by atoms with van der Waals surface area (Å²) in [7, 11) is 0. The molecule has 0 saturated carbocycles. The molecule has 1 fully saturated rings. The van der Waals surface area contributed by atoms with E-state index >= 15 is 0 Å². The number of hydrogen-bond acceptors (Lipinski definition) is 5. The van der Waals surface area contributed by atoms with Gasteiger partial charge in [0.1, 0.15) is 5.82 Å². The summed E-state index contributed by atoms with van der Waals surface area (Å²) in [6, 6.07) is 4.05. The Morgan fingerprint density at radius 2 is 2.38 bits per heavy atom. The van der Waals surface area contributed by atoms with Crippen molar-refractivity contribution in [2.75, 3.05) is 29.0 Å². The Morgan fingerprint density at radius 1 is 1.56 bits per heavy atom. The Hall–Kier alpha value is -0.940. The molecule has 2 heterocycles. The van der Waals surface area contributed by atoms with Crippen LogP contribution in [0.1, 0.15) is 12.1 Å². The lowest BCUT2D eigenvalue weighted by molar-refractivity contribution is 0.198. The summed E-state index contributed by atoms with van der Waals surface area (Å²) in [6.45, 7) is 3.56. The predicted octanol–water partition coefficient (Wildman–Crippen LogP) is 1.65. The van der Waals surface area contributed by atoms with Gasteiger partial charge in [0, 0.05) is 36.8 Å². The average Bonchev–Trinajstić information content (AvgIpc) is 2.64. The van der Waals surface area contributed by atoms with Crippen molar-refractivity contribution in [3.05, 3.63) is 17.8 Å². The van der Waals surface area contributed by atoms with Crippen LogP contribution in [0.2, 0.25) is 0 Å². The molecule has 1 aliphatic rings. The number of hydrogen-bond donors (Lipinski definition) is 2. The molecule has 1 aromatic rings. The molecule has 2 rings (SSSR count). The summed E-state index contributed by atoms with van der Waals surface area (Å²) >= 11 is 1.57. The number of aliphatic hydroxyl groups excluding tert-OH is 1. The van der Waals surface area contributed by atoms with Gasteiger partial charge in [0.05, 0.1) is 6.10 Å². The van der Waals surface area contributed by atoms with Gasteiger partial charge in [0.2, 0.25) is 0 Å². The maximum Gasteiger partial charge on any atom is 0.130 e. The van der Waals surface area contributed by atoms with Crippen LogP contribution in [-0.2, 0) is 0 Å². The van der Waals surface area contributed by atoms with Gasteiger partial charge in [-0.15, -0.1) is 0 Å². The molecule has 4 nitrogen and oxygen atoms in total. The summed E-state index contributed by atoms with van der Waals surface area (Å²) in [4.78, 5) is 6.63. The van der Waals surface area contributed by atoms with Crippen LogP contribution in [0, 0.1) is 6.92 Å². The SMILES string of the molecule is CSNc1cc(C)nc(N2CC[C@H](O)C2)c1. The van der Waals surface area contributed by atoms with Gasteiger partial charge in [-0.3, -0.25) is 0 Å². The normalized spacial score (nSPS) is 20.2. The monoisotopic (exact) mass is 239 g/mol. The molecule has 0 amide bonds. The fourth-order valence-electron chi connectivity index (χ4n) is 1.94. The highest BCUT2D eigenvalue weighted by molar-refractivity contribution is 7.99. The van der Waals surface area contributed by atoms with Gasteiger partial charge in [-0.25, -0.2) is 4.98 Å². The van der Waals surface area contributed by atoms with E-state index in [4.69, 9.17) is 0 Å². The van der Waals surface area contributed by atoms with Crippen LogP contribution in [0.3, 0.4) is 0 Å². The highest BCUT2D eigenvalue weighted by Gasteiger charge is 2.21. The van der Waals surface area contributed by atoms with Crippen molar-refractivity contribution in [1.29, 1.82) is 0 Å². The van der Waals surface area contributed by atoms with Gasteiger partial charge >= 0.3 is 0 Å². The third-order valence-corrected chi connectivity index (χ3v) is 3.09. The minimum absolute atomic E-state index is 0.209. The van der Waals surface area contributed by atoms with E-state index in [0.717, 1.165) is 30.2 Å². The molecular weight excluding hydrogens is 222 g/mol. The van der Waals surface area contributed by atoms with Gasteiger partial charge in [0.15, 0.2) is 0 Å². The topological polar surface area (TPSA) is 48.4 Å². The van der Waals surface area contributed by atoms with E-state index in [0.29, 0.717) is 6.54 Å². The lowest BCUT2D eigenvalue weighted by atomic mass is 10.3. The van der Waals surface area contributed by atoms with Crippen molar-refractivity contribution in [1.82, 2.24) is 4.98 Å². The van der Waals surface area contributed by atoms with Crippen molar-refractivity contribution in [2.24, 2.45) is 0 Å². The van der Waals surface area contributed by atoms with Gasteiger partial charge in [-0.05, 0) is 19.4 Å². The largest absolute Gasteiger partial charge is 0.391 e. The molecular formula is C11H17N3OS. The van der Waals surface area contributed by atoms with Gasteiger partial charge in [-0.2, -0.15) is 0 Å². The molecule has 0 spiro atoms. The Balaban J connectivity index is 2.20. The Bertz CT molecular complexity index is 372. The van der Waals surface area contributed by atoms with E-state index in [2.05, 4.69) is 14.6 Å². The first-order valence-corrected chi connectivity index (χ1v) is 6.62. The standard InChI is InChI=1S/C11H17N3OS/c1-8-5-9(13-16-2)6-11(12-8)14-4-3-10(15)7-14/h5-6,10,15H,3-4,7H2,1-2H3,(H,12,13)/t10-/m0/s1. The first kappa shape index (κ1) is 11.5. The Kier molecular flexibility index (Phi) is 3.56. The zero-order chi connectivity index (χ0) is 11.5. The molecule has 5 heteroatoms. The fourth-order valence-corrected chi connectivity index (χ4v) is 2.29. The number of β-amino-alcohol motifs (C(OH)–C–C–N with tert-alkyl or cyclic N) is 1. The van der Waals surface area contributed by atoms with Gasteiger partial charge < -0.3 is 14.7 Å². The minimum atomic E-state index is -0.209. The lowest BCUT2D eigenvalue weighted by Crippen LogP contribution is -2.22. The molecule has 1 aromatic heterocycles. The van der Waals surface area contributed by atoms with E-state index < -0.39 is 0 Å². The third kappa shape index (κ3) is 2.59. The number of pyridine rings is 1. The van der Waals surface area contributed by atoms with Crippen LogP contribution in [0.25, 0.3) is 0 Å². The molecule has 0 aliphatic carbocycles. The number of aliphatic hydroxyl groups is 1. The molecule has 88 valence electrons. The second-order valence-corrected chi connectivity index (χ2v) is 4.66. The molecule has 0 aromatic carbocycles. The fraction of sp³-hybridized carbons (Fsp3) is 0.545. The van der Waals surface area contributed by atoms with E-state index in [-0.39, 0.29) is 6.10 Å². The van der Waals surface area contributed by atoms with Crippen molar-refractivity contribution < 1.29 is 5.11 Å². The van der Waals surface area contributed by atoms with Crippen molar-refractivity contribution in [3.63, 3.8) is 0 Å². The lowest BCUT2D eigenvalue weighted by Gasteiger charge is -2.18. The summed E-state index contributed by atoms with van der Waals surface area (Å²) < 4.78 is 3.21. The predicted molar refractivity (Wildman–Crippen MR) is 68.9 cm³/mol. The third-order valence-electron chi connectivity index (χ3n) is 2.65. The van der Waals surface area contributed by atoms with Crippen LogP contribution in [0.5, 0.6) is 0 Å². The number of anilines is 2. The van der Waals surface area contributed by atoms with E-state index in [9.17, 15) is 5.11 Å². The Morgan fingerprint density at radius 3 is 3.00 bits per heavy atom. The number of aromatic nitrogens is 1. The highest BCUT2D eigenvalue weighted by atomic mass is 32.2. The molecule has 1 saturated heterocycles. The summed E-state index contributed by atoms with van der Waals surface area (Å²) in [5.74, 6) is 0.952. The number of aryl methyl sites for hydroxylation is 1. The van der Waals surface area contributed by atoms with Crippen molar-refractivity contribution in [3.8, 4) is 0 Å². The first-order chi connectivity index (χ1) is 7.69. The molecule has 0 radical (unpaired) electrons. The molecule has 1 atom stereocenters. The van der Waals surface area contributed by atoms with Crippen LogP contribution in [0.4, 0.5) is 11.5 Å². The molecule has 2 N–H and O–H groups in total. The maximum absolute atomic E-state index is 9.51. The number of nitrogens with one attached hydrogen (secondary N) is 1. The molecule has 16 heavy (non-hydrogen) atoms. The van der Waals surface area contributed by atoms with E-state index in [1.165, 1.54) is 0 Å². The van der Waals surface area contributed by atoms with Crippen LogP contribution < -0.4 is 9.62 Å². The van der Waals surface area contributed by atoms with Gasteiger partial charge in [-0.1, -0.05) is 11.9 Å². The quantitative estimate of drug-likeness (QED) is 0.785. The van der Waals surface area contributed by atoms with Crippen LogP contribution in [0.15, 0.2) is 12.1 Å². The summed E-state index contributed by atoms with van der Waals surface area (Å²) in [5, 5.41) is 9.51. The van der Waals surface area contributed by atoms with Gasteiger partial charge in [0.25, 0.3) is 0 Å². The summed E-state index contributed by atoms with van der Waals surface area (Å²) in [5.41, 5.74) is 2.06. The molecule has 0 unspecified atom stereocenters. The summed E-state index contributed by atoms with van der Waals surface area (Å²) in [6.07, 6.45) is 2.62. The van der Waals surface area contributed by atoms with Crippen LogP contribution >= 0.6 is 11.9 Å². The minimum Gasteiger partial charge on any atom is -0.391 e. The molecule has 1 aliphatic heterocycles. The second kappa shape index (κ2) is 4.93. The van der Waals surface area contributed by atoms with Crippen LogP contribution in [-0.4, -0.2) is 35.5 Å². The average molecular weight is 239 g/mol. The molecule has 0 bridgehead atoms.